The van der Waals surface area contributed by atoms with Crippen molar-refractivity contribution in [2.45, 2.75) is 71.1 Å². The van der Waals surface area contributed by atoms with Gasteiger partial charge in [-0.05, 0) is 50.5 Å². The molecule has 0 saturated heterocycles. The van der Waals surface area contributed by atoms with Crippen LogP contribution in [0, 0.1) is 5.92 Å². The van der Waals surface area contributed by atoms with Gasteiger partial charge in [0.05, 0.1) is 5.56 Å². The fourth-order valence-electron chi connectivity index (χ4n) is 3.80. The van der Waals surface area contributed by atoms with Crippen molar-refractivity contribution in [2.75, 3.05) is 11.9 Å². The quantitative estimate of drug-likeness (QED) is 0.834. The fraction of sp³-hybridized carbons (Fsp3) is 0.684. The average molecular weight is 349 g/mol. The zero-order chi connectivity index (χ0) is 16.9. The molecular formula is C19H28N2O2S. The molecule has 3 rings (SSSR count). The highest BCUT2D eigenvalue weighted by Gasteiger charge is 2.28. The van der Waals surface area contributed by atoms with Crippen LogP contribution in [0.25, 0.3) is 0 Å². The van der Waals surface area contributed by atoms with E-state index in [0.717, 1.165) is 61.9 Å². The van der Waals surface area contributed by atoms with E-state index in [4.69, 9.17) is 0 Å². The number of fused-ring (bicyclic) bond motifs is 1. The standard InChI is InChI=1S/C19H28N2O2S/c1-2-12-20-18(23)16-14-10-6-7-11-15(14)24-19(16)21-17(22)13-8-4-3-5-9-13/h13H,2-12H2,1H3,(H,20,23)(H,21,22). The number of aryl methyl sites for hydroxylation is 1. The first kappa shape index (κ1) is 17.5. The molecule has 0 atom stereocenters. The van der Waals surface area contributed by atoms with Crippen LogP contribution in [-0.2, 0) is 17.6 Å². The number of hydrogen-bond donors (Lipinski definition) is 2. The molecule has 4 nitrogen and oxygen atoms in total. The molecule has 2 N–H and O–H groups in total. The van der Waals surface area contributed by atoms with Crippen LogP contribution in [0.3, 0.4) is 0 Å². The van der Waals surface area contributed by atoms with Gasteiger partial charge < -0.3 is 10.6 Å². The Bertz CT molecular complexity index is 603. The molecule has 0 unspecified atom stereocenters. The summed E-state index contributed by atoms with van der Waals surface area (Å²) in [7, 11) is 0. The Hall–Kier alpha value is -1.36. The van der Waals surface area contributed by atoms with Crippen molar-refractivity contribution < 1.29 is 9.59 Å². The highest BCUT2D eigenvalue weighted by Crippen LogP contribution is 2.38. The summed E-state index contributed by atoms with van der Waals surface area (Å²) in [6.07, 6.45) is 10.7. The van der Waals surface area contributed by atoms with Crippen molar-refractivity contribution in [3.63, 3.8) is 0 Å². The van der Waals surface area contributed by atoms with Gasteiger partial charge in [-0.3, -0.25) is 9.59 Å². The van der Waals surface area contributed by atoms with Crippen molar-refractivity contribution in [1.29, 1.82) is 0 Å². The minimum Gasteiger partial charge on any atom is -0.352 e. The number of anilines is 1. The first-order chi connectivity index (χ1) is 11.7. The Morgan fingerprint density at radius 2 is 1.83 bits per heavy atom. The second-order valence-electron chi connectivity index (χ2n) is 7.00. The maximum atomic E-state index is 12.7. The summed E-state index contributed by atoms with van der Waals surface area (Å²) >= 11 is 1.62. The summed E-state index contributed by atoms with van der Waals surface area (Å²) in [6.45, 7) is 2.73. The van der Waals surface area contributed by atoms with E-state index in [1.807, 2.05) is 0 Å². The third-order valence-corrected chi connectivity index (χ3v) is 6.35. The van der Waals surface area contributed by atoms with Crippen molar-refractivity contribution in [3.05, 3.63) is 16.0 Å². The van der Waals surface area contributed by atoms with Crippen LogP contribution in [0.4, 0.5) is 5.00 Å². The van der Waals surface area contributed by atoms with E-state index in [2.05, 4.69) is 17.6 Å². The van der Waals surface area contributed by atoms with E-state index in [-0.39, 0.29) is 17.7 Å². The second kappa shape index (κ2) is 8.15. The average Bonchev–Trinajstić information content (AvgIpc) is 2.98. The fourth-order valence-corrected chi connectivity index (χ4v) is 5.09. The molecule has 1 heterocycles. The van der Waals surface area contributed by atoms with E-state index < -0.39 is 0 Å². The summed E-state index contributed by atoms with van der Waals surface area (Å²) in [5.74, 6) is 0.206. The van der Waals surface area contributed by atoms with Gasteiger partial charge in [-0.25, -0.2) is 0 Å². The van der Waals surface area contributed by atoms with Gasteiger partial charge in [-0.2, -0.15) is 0 Å². The van der Waals surface area contributed by atoms with Crippen LogP contribution < -0.4 is 10.6 Å². The van der Waals surface area contributed by atoms with E-state index in [1.165, 1.54) is 23.3 Å². The van der Waals surface area contributed by atoms with Crippen molar-refractivity contribution >= 4 is 28.2 Å². The molecule has 0 radical (unpaired) electrons. The molecule has 0 aromatic carbocycles. The molecule has 2 aliphatic rings. The lowest BCUT2D eigenvalue weighted by atomic mass is 9.88. The zero-order valence-electron chi connectivity index (χ0n) is 14.6. The number of hydrogen-bond acceptors (Lipinski definition) is 3. The molecule has 1 aromatic heterocycles. The van der Waals surface area contributed by atoms with E-state index in [9.17, 15) is 9.59 Å². The first-order valence-corrected chi connectivity index (χ1v) is 10.3. The molecular weight excluding hydrogens is 320 g/mol. The number of nitrogens with one attached hydrogen (secondary N) is 2. The lowest BCUT2D eigenvalue weighted by Crippen LogP contribution is -2.28. The SMILES string of the molecule is CCCNC(=O)c1c(NC(=O)C2CCCCC2)sc2c1CCCC2. The van der Waals surface area contributed by atoms with Crippen LogP contribution in [0.1, 0.15) is 79.1 Å². The molecule has 0 aliphatic heterocycles. The number of carbonyl (C=O) groups excluding carboxylic acids is 2. The molecule has 132 valence electrons. The maximum Gasteiger partial charge on any atom is 0.254 e. The third kappa shape index (κ3) is 3.82. The van der Waals surface area contributed by atoms with Gasteiger partial charge in [-0.15, -0.1) is 11.3 Å². The van der Waals surface area contributed by atoms with Gasteiger partial charge in [0.1, 0.15) is 5.00 Å². The molecule has 1 saturated carbocycles. The largest absolute Gasteiger partial charge is 0.352 e. The van der Waals surface area contributed by atoms with Crippen molar-refractivity contribution in [3.8, 4) is 0 Å². The maximum absolute atomic E-state index is 12.7. The molecule has 1 aromatic rings. The molecule has 24 heavy (non-hydrogen) atoms. The zero-order valence-corrected chi connectivity index (χ0v) is 15.4. The monoisotopic (exact) mass is 348 g/mol. The Balaban J connectivity index is 1.81. The van der Waals surface area contributed by atoms with Crippen molar-refractivity contribution in [2.24, 2.45) is 5.92 Å². The van der Waals surface area contributed by atoms with Gasteiger partial charge in [0.2, 0.25) is 5.91 Å². The van der Waals surface area contributed by atoms with Gasteiger partial charge in [0.25, 0.3) is 5.91 Å². The van der Waals surface area contributed by atoms with Crippen molar-refractivity contribution in [1.82, 2.24) is 5.32 Å². The van der Waals surface area contributed by atoms with Gasteiger partial charge in [-0.1, -0.05) is 26.2 Å². The van der Waals surface area contributed by atoms with Crippen LogP contribution in [0.5, 0.6) is 0 Å². The lowest BCUT2D eigenvalue weighted by molar-refractivity contribution is -0.120. The van der Waals surface area contributed by atoms with E-state index in [1.54, 1.807) is 11.3 Å². The number of carbonyl (C=O) groups is 2. The summed E-state index contributed by atoms with van der Waals surface area (Å²) in [5.41, 5.74) is 1.92. The molecule has 2 amide bonds. The minimum absolute atomic E-state index is 0.0183. The first-order valence-electron chi connectivity index (χ1n) is 9.44. The highest BCUT2D eigenvalue weighted by atomic mass is 32.1. The van der Waals surface area contributed by atoms with E-state index in [0.29, 0.717) is 6.54 Å². The summed E-state index contributed by atoms with van der Waals surface area (Å²) < 4.78 is 0. The molecule has 0 bridgehead atoms. The topological polar surface area (TPSA) is 58.2 Å². The van der Waals surface area contributed by atoms with E-state index >= 15 is 0 Å². The molecule has 0 spiro atoms. The predicted molar refractivity (Wildman–Crippen MR) is 98.8 cm³/mol. The minimum atomic E-state index is -0.0183. The number of thiophene rings is 1. The van der Waals surface area contributed by atoms with Crippen LogP contribution in [0.15, 0.2) is 0 Å². The Labute approximate surface area is 148 Å². The normalized spacial score (nSPS) is 18.0. The summed E-state index contributed by atoms with van der Waals surface area (Å²) in [5, 5.41) is 6.89. The predicted octanol–water partition coefficient (Wildman–Crippen LogP) is 4.29. The smallest absolute Gasteiger partial charge is 0.254 e. The van der Waals surface area contributed by atoms with Crippen LogP contribution >= 0.6 is 11.3 Å². The molecule has 5 heteroatoms. The van der Waals surface area contributed by atoms with Gasteiger partial charge in [0.15, 0.2) is 0 Å². The number of rotatable bonds is 5. The molecule has 2 aliphatic carbocycles. The van der Waals surface area contributed by atoms with Crippen LogP contribution in [0.2, 0.25) is 0 Å². The third-order valence-electron chi connectivity index (χ3n) is 5.15. The second-order valence-corrected chi connectivity index (χ2v) is 8.10. The Morgan fingerprint density at radius 1 is 1.08 bits per heavy atom. The lowest BCUT2D eigenvalue weighted by Gasteiger charge is -2.20. The van der Waals surface area contributed by atoms with Crippen LogP contribution in [-0.4, -0.2) is 18.4 Å². The van der Waals surface area contributed by atoms with Gasteiger partial charge in [0, 0.05) is 17.3 Å². The highest BCUT2D eigenvalue weighted by molar-refractivity contribution is 7.17. The number of amides is 2. The summed E-state index contributed by atoms with van der Waals surface area (Å²) in [6, 6.07) is 0. The summed E-state index contributed by atoms with van der Waals surface area (Å²) in [4.78, 5) is 26.6. The Morgan fingerprint density at radius 3 is 2.58 bits per heavy atom. The Kier molecular flexibility index (Phi) is 5.93. The molecule has 1 fully saturated rings. The van der Waals surface area contributed by atoms with Gasteiger partial charge >= 0.3 is 0 Å².